The van der Waals surface area contributed by atoms with E-state index in [0.29, 0.717) is 12.3 Å². The van der Waals surface area contributed by atoms with Crippen molar-refractivity contribution in [1.29, 1.82) is 0 Å². The van der Waals surface area contributed by atoms with Gasteiger partial charge in [0.1, 0.15) is 4.60 Å². The molecule has 1 aromatic heterocycles. The standard InChI is InChI=1S/C7H3BrF5N/c8-5-1-4(7(11,12)13)3(2-14-5)6(9)10/h1-2,6H. The zero-order valence-electron chi connectivity index (χ0n) is 6.45. The molecule has 0 saturated heterocycles. The van der Waals surface area contributed by atoms with Gasteiger partial charge in [-0.25, -0.2) is 13.8 Å². The second-order valence-corrected chi connectivity index (χ2v) is 3.21. The van der Waals surface area contributed by atoms with Crippen molar-refractivity contribution in [2.75, 3.05) is 0 Å². The van der Waals surface area contributed by atoms with Crippen LogP contribution in [0.25, 0.3) is 0 Å². The van der Waals surface area contributed by atoms with Gasteiger partial charge in [-0.3, -0.25) is 0 Å². The molecule has 1 aromatic rings. The highest BCUT2D eigenvalue weighted by atomic mass is 79.9. The zero-order chi connectivity index (χ0) is 10.9. The monoisotopic (exact) mass is 275 g/mol. The Morgan fingerprint density at radius 3 is 2.29 bits per heavy atom. The van der Waals surface area contributed by atoms with Crippen molar-refractivity contribution in [3.63, 3.8) is 0 Å². The van der Waals surface area contributed by atoms with Gasteiger partial charge in [-0.2, -0.15) is 13.2 Å². The van der Waals surface area contributed by atoms with E-state index >= 15 is 0 Å². The summed E-state index contributed by atoms with van der Waals surface area (Å²) in [6.07, 6.45) is -7.47. The topological polar surface area (TPSA) is 12.9 Å². The Labute approximate surface area is 84.1 Å². The molecule has 0 bridgehead atoms. The molecule has 0 fully saturated rings. The minimum absolute atomic E-state index is 0.130. The lowest BCUT2D eigenvalue weighted by atomic mass is 10.1. The van der Waals surface area contributed by atoms with Crippen molar-refractivity contribution >= 4 is 15.9 Å². The predicted octanol–water partition coefficient (Wildman–Crippen LogP) is 3.80. The lowest BCUT2D eigenvalue weighted by molar-refractivity contribution is -0.139. The first-order chi connectivity index (χ1) is 6.32. The normalized spacial score (nSPS) is 12.2. The van der Waals surface area contributed by atoms with Gasteiger partial charge in [0.2, 0.25) is 0 Å². The van der Waals surface area contributed by atoms with Crippen LogP contribution in [-0.2, 0) is 6.18 Å². The Balaban J connectivity index is 3.30. The lowest BCUT2D eigenvalue weighted by Crippen LogP contribution is -2.10. The highest BCUT2D eigenvalue weighted by Crippen LogP contribution is 2.36. The second kappa shape index (κ2) is 3.80. The Kier molecular flexibility index (Phi) is 3.08. The van der Waals surface area contributed by atoms with E-state index in [1.165, 1.54) is 0 Å². The predicted molar refractivity (Wildman–Crippen MR) is 41.9 cm³/mol. The maximum Gasteiger partial charge on any atom is 0.417 e. The SMILES string of the molecule is FC(F)c1cnc(Br)cc1C(F)(F)F. The first-order valence-electron chi connectivity index (χ1n) is 3.33. The minimum atomic E-state index is -4.79. The van der Waals surface area contributed by atoms with Gasteiger partial charge in [0.25, 0.3) is 6.43 Å². The fraction of sp³-hybridized carbons (Fsp3) is 0.286. The molecule has 0 aliphatic carbocycles. The van der Waals surface area contributed by atoms with Crippen LogP contribution in [0.1, 0.15) is 17.6 Å². The Morgan fingerprint density at radius 1 is 1.29 bits per heavy atom. The summed E-state index contributed by atoms with van der Waals surface area (Å²) in [5.41, 5.74) is -2.48. The molecule has 14 heavy (non-hydrogen) atoms. The summed E-state index contributed by atoms with van der Waals surface area (Å²) in [6, 6.07) is 0.529. The maximum atomic E-state index is 12.2. The maximum absolute atomic E-state index is 12.2. The average Bonchev–Trinajstić information content (AvgIpc) is 2.01. The van der Waals surface area contributed by atoms with E-state index < -0.39 is 23.7 Å². The highest BCUT2D eigenvalue weighted by molar-refractivity contribution is 9.10. The van der Waals surface area contributed by atoms with Crippen LogP contribution in [0.15, 0.2) is 16.9 Å². The molecule has 1 nitrogen and oxygen atoms in total. The number of halogens is 6. The molecule has 0 unspecified atom stereocenters. The number of nitrogens with zero attached hydrogens (tertiary/aromatic N) is 1. The molecule has 1 heterocycles. The molecule has 0 aliphatic rings. The average molecular weight is 276 g/mol. The molecule has 0 aliphatic heterocycles. The van der Waals surface area contributed by atoms with Crippen LogP contribution in [0.3, 0.4) is 0 Å². The number of hydrogen-bond acceptors (Lipinski definition) is 1. The first-order valence-corrected chi connectivity index (χ1v) is 4.12. The van der Waals surface area contributed by atoms with E-state index in [2.05, 4.69) is 20.9 Å². The van der Waals surface area contributed by atoms with Crippen molar-refractivity contribution in [3.8, 4) is 0 Å². The second-order valence-electron chi connectivity index (χ2n) is 2.39. The lowest BCUT2D eigenvalue weighted by Gasteiger charge is -2.11. The van der Waals surface area contributed by atoms with Crippen LogP contribution >= 0.6 is 15.9 Å². The highest BCUT2D eigenvalue weighted by Gasteiger charge is 2.36. The smallest absolute Gasteiger partial charge is 0.249 e. The van der Waals surface area contributed by atoms with Crippen LogP contribution in [-0.4, -0.2) is 4.98 Å². The van der Waals surface area contributed by atoms with Gasteiger partial charge in [-0.1, -0.05) is 0 Å². The number of rotatable bonds is 1. The summed E-state index contributed by atoms with van der Waals surface area (Å²) in [7, 11) is 0. The van der Waals surface area contributed by atoms with Gasteiger partial charge < -0.3 is 0 Å². The zero-order valence-corrected chi connectivity index (χ0v) is 8.03. The number of aromatic nitrogens is 1. The molecular formula is C7H3BrF5N. The van der Waals surface area contributed by atoms with Crippen molar-refractivity contribution < 1.29 is 22.0 Å². The van der Waals surface area contributed by atoms with E-state index in [4.69, 9.17) is 0 Å². The molecular weight excluding hydrogens is 273 g/mol. The van der Waals surface area contributed by atoms with E-state index in [-0.39, 0.29) is 4.60 Å². The van der Waals surface area contributed by atoms with Gasteiger partial charge in [0.05, 0.1) is 5.56 Å². The summed E-state index contributed by atoms with van der Waals surface area (Å²) in [5, 5.41) is 0. The van der Waals surface area contributed by atoms with Crippen molar-refractivity contribution in [2.24, 2.45) is 0 Å². The van der Waals surface area contributed by atoms with Crippen molar-refractivity contribution in [3.05, 3.63) is 28.0 Å². The third-order valence-electron chi connectivity index (χ3n) is 1.44. The summed E-state index contributed by atoms with van der Waals surface area (Å²) in [5.74, 6) is 0. The summed E-state index contributed by atoms with van der Waals surface area (Å²) in [4.78, 5) is 3.31. The molecule has 0 aromatic carbocycles. The molecule has 0 saturated carbocycles. The van der Waals surface area contributed by atoms with Crippen LogP contribution in [0, 0.1) is 0 Å². The third-order valence-corrected chi connectivity index (χ3v) is 1.88. The molecule has 0 amide bonds. The van der Waals surface area contributed by atoms with Gasteiger partial charge in [-0.15, -0.1) is 0 Å². The largest absolute Gasteiger partial charge is 0.417 e. The fourth-order valence-electron chi connectivity index (χ4n) is 0.860. The third kappa shape index (κ3) is 2.40. The fourth-order valence-corrected chi connectivity index (χ4v) is 1.19. The Hall–Kier alpha value is -0.720. The van der Waals surface area contributed by atoms with Gasteiger partial charge in [0, 0.05) is 11.8 Å². The number of hydrogen-bond donors (Lipinski definition) is 0. The number of pyridine rings is 1. The summed E-state index contributed by atoms with van der Waals surface area (Å²) >= 11 is 2.68. The Bertz CT molecular complexity index is 335. The van der Waals surface area contributed by atoms with Gasteiger partial charge >= 0.3 is 6.18 Å². The summed E-state index contributed by atoms with van der Waals surface area (Å²) in [6.45, 7) is 0. The Morgan fingerprint density at radius 2 is 1.86 bits per heavy atom. The molecule has 7 heteroatoms. The molecule has 0 atom stereocenters. The molecule has 0 spiro atoms. The van der Waals surface area contributed by atoms with E-state index in [0.717, 1.165) is 0 Å². The van der Waals surface area contributed by atoms with Crippen LogP contribution in [0.5, 0.6) is 0 Å². The summed E-state index contributed by atoms with van der Waals surface area (Å²) < 4.78 is 60.8. The minimum Gasteiger partial charge on any atom is -0.249 e. The van der Waals surface area contributed by atoms with E-state index in [9.17, 15) is 22.0 Å². The quantitative estimate of drug-likeness (QED) is 0.561. The van der Waals surface area contributed by atoms with Crippen molar-refractivity contribution in [1.82, 2.24) is 4.98 Å². The van der Waals surface area contributed by atoms with Crippen molar-refractivity contribution in [2.45, 2.75) is 12.6 Å². The molecule has 0 N–H and O–H groups in total. The molecule has 0 radical (unpaired) electrons. The van der Waals surface area contributed by atoms with E-state index in [1.54, 1.807) is 0 Å². The van der Waals surface area contributed by atoms with Gasteiger partial charge in [-0.05, 0) is 22.0 Å². The van der Waals surface area contributed by atoms with Gasteiger partial charge in [0.15, 0.2) is 0 Å². The van der Waals surface area contributed by atoms with Crippen LogP contribution in [0.4, 0.5) is 22.0 Å². The molecule has 1 rings (SSSR count). The van der Waals surface area contributed by atoms with Crippen LogP contribution < -0.4 is 0 Å². The van der Waals surface area contributed by atoms with Crippen LogP contribution in [0.2, 0.25) is 0 Å². The first kappa shape index (κ1) is 11.4. The number of alkyl halides is 5. The molecule has 78 valence electrons. The van der Waals surface area contributed by atoms with E-state index in [1.807, 2.05) is 0 Å².